The second kappa shape index (κ2) is 6.75. The van der Waals surface area contributed by atoms with Crippen LogP contribution in [0.15, 0.2) is 41.9 Å². The largest absolute Gasteiger partial charge is 0.308 e. The quantitative estimate of drug-likeness (QED) is 0.884. The molecule has 1 fully saturated rings. The highest BCUT2D eigenvalue weighted by atomic mass is 35.5. The van der Waals surface area contributed by atoms with E-state index in [0.717, 1.165) is 32.5 Å². The molecule has 3 heteroatoms. The zero-order chi connectivity index (χ0) is 14.6. The third-order valence-electron chi connectivity index (χ3n) is 4.53. The lowest BCUT2D eigenvalue weighted by Crippen LogP contribution is -2.60. The van der Waals surface area contributed by atoms with Crippen LogP contribution in [0.1, 0.15) is 38.3 Å². The highest BCUT2D eigenvalue weighted by Gasteiger charge is 2.37. The molecule has 20 heavy (non-hydrogen) atoms. The Kier molecular flexibility index (Phi) is 5.25. The van der Waals surface area contributed by atoms with Crippen molar-refractivity contribution in [3.05, 3.63) is 47.5 Å². The lowest BCUT2D eigenvalue weighted by molar-refractivity contribution is 0.0819. The molecule has 110 valence electrons. The summed E-state index contributed by atoms with van der Waals surface area (Å²) in [5.74, 6) is 0. The fraction of sp³-hybridized carbons (Fsp3) is 0.529. The SMILES string of the molecule is C=C(Cl)CN1CC(CC)(CC)NCC1c1ccccc1. The van der Waals surface area contributed by atoms with Gasteiger partial charge in [-0.1, -0.05) is 62.4 Å². The topological polar surface area (TPSA) is 15.3 Å². The van der Waals surface area contributed by atoms with Gasteiger partial charge in [-0.2, -0.15) is 0 Å². The van der Waals surface area contributed by atoms with Gasteiger partial charge in [-0.15, -0.1) is 0 Å². The van der Waals surface area contributed by atoms with E-state index in [2.05, 4.69) is 61.0 Å². The van der Waals surface area contributed by atoms with Gasteiger partial charge in [-0.3, -0.25) is 4.90 Å². The molecule has 0 bridgehead atoms. The molecule has 1 unspecified atom stereocenters. The van der Waals surface area contributed by atoms with Crippen molar-refractivity contribution in [2.45, 2.75) is 38.3 Å². The number of nitrogens with zero attached hydrogens (tertiary/aromatic N) is 1. The van der Waals surface area contributed by atoms with E-state index < -0.39 is 0 Å². The summed E-state index contributed by atoms with van der Waals surface area (Å²) in [5.41, 5.74) is 1.55. The van der Waals surface area contributed by atoms with Crippen molar-refractivity contribution in [3.63, 3.8) is 0 Å². The highest BCUT2D eigenvalue weighted by molar-refractivity contribution is 6.29. The van der Waals surface area contributed by atoms with Crippen LogP contribution in [0.3, 0.4) is 0 Å². The fourth-order valence-electron chi connectivity index (χ4n) is 3.11. The van der Waals surface area contributed by atoms with Crippen LogP contribution in [0.2, 0.25) is 0 Å². The molecule has 1 aliphatic heterocycles. The lowest BCUT2D eigenvalue weighted by atomic mass is 9.87. The van der Waals surface area contributed by atoms with E-state index in [9.17, 15) is 0 Å². The molecule has 1 aromatic carbocycles. The van der Waals surface area contributed by atoms with Gasteiger partial charge in [0.05, 0.1) is 0 Å². The second-order valence-corrected chi connectivity index (χ2v) is 6.25. The third-order valence-corrected chi connectivity index (χ3v) is 4.65. The van der Waals surface area contributed by atoms with Crippen LogP contribution in [0, 0.1) is 0 Å². The number of rotatable bonds is 5. The number of hydrogen-bond donors (Lipinski definition) is 1. The van der Waals surface area contributed by atoms with Gasteiger partial charge in [-0.25, -0.2) is 0 Å². The van der Waals surface area contributed by atoms with E-state index >= 15 is 0 Å². The number of halogens is 1. The van der Waals surface area contributed by atoms with Gasteiger partial charge < -0.3 is 5.32 Å². The van der Waals surface area contributed by atoms with Crippen LogP contribution in [0.5, 0.6) is 0 Å². The van der Waals surface area contributed by atoms with Gasteiger partial charge in [0.15, 0.2) is 0 Å². The standard InChI is InChI=1S/C17H25ClN2/c1-4-17(5-2)13-20(12-14(3)18)16(11-19-17)15-9-7-6-8-10-15/h6-10,16,19H,3-5,11-13H2,1-2H3. The minimum atomic E-state index is 0.206. The Morgan fingerprint density at radius 1 is 1.35 bits per heavy atom. The summed E-state index contributed by atoms with van der Waals surface area (Å²) in [6.45, 7) is 11.1. The predicted molar refractivity (Wildman–Crippen MR) is 87.1 cm³/mol. The van der Waals surface area contributed by atoms with Crippen LogP contribution in [-0.4, -0.2) is 30.1 Å². The van der Waals surface area contributed by atoms with Gasteiger partial charge in [0, 0.05) is 36.2 Å². The average molecular weight is 293 g/mol. The van der Waals surface area contributed by atoms with E-state index in [0.29, 0.717) is 11.1 Å². The number of piperazine rings is 1. The maximum atomic E-state index is 6.09. The molecule has 2 nitrogen and oxygen atoms in total. The summed E-state index contributed by atoms with van der Waals surface area (Å²) < 4.78 is 0. The first-order valence-corrected chi connectivity index (χ1v) is 7.85. The first-order valence-electron chi connectivity index (χ1n) is 7.47. The van der Waals surface area contributed by atoms with Crippen molar-refractivity contribution in [1.82, 2.24) is 10.2 Å². The smallest absolute Gasteiger partial charge is 0.0477 e. The van der Waals surface area contributed by atoms with Crippen molar-refractivity contribution in [2.24, 2.45) is 0 Å². The Balaban J connectivity index is 2.22. The van der Waals surface area contributed by atoms with E-state index in [1.54, 1.807) is 0 Å². The van der Waals surface area contributed by atoms with Crippen LogP contribution in [0.4, 0.5) is 0 Å². The summed E-state index contributed by atoms with van der Waals surface area (Å²) >= 11 is 6.09. The Hall–Kier alpha value is -0.830. The Morgan fingerprint density at radius 3 is 2.55 bits per heavy atom. The molecule has 1 heterocycles. The zero-order valence-electron chi connectivity index (χ0n) is 12.5. The maximum Gasteiger partial charge on any atom is 0.0477 e. The molecule has 2 rings (SSSR count). The molecule has 1 aliphatic rings. The van der Waals surface area contributed by atoms with E-state index in [1.165, 1.54) is 5.56 Å². The van der Waals surface area contributed by atoms with Crippen molar-refractivity contribution >= 4 is 11.6 Å². The summed E-state index contributed by atoms with van der Waals surface area (Å²) in [4.78, 5) is 2.47. The molecular weight excluding hydrogens is 268 g/mol. The minimum absolute atomic E-state index is 0.206. The molecule has 0 aromatic heterocycles. The molecule has 0 saturated carbocycles. The second-order valence-electron chi connectivity index (χ2n) is 5.72. The summed E-state index contributed by atoms with van der Waals surface area (Å²) in [6.07, 6.45) is 2.27. The van der Waals surface area contributed by atoms with E-state index in [-0.39, 0.29) is 5.54 Å². The van der Waals surface area contributed by atoms with Crippen molar-refractivity contribution in [3.8, 4) is 0 Å². The first-order chi connectivity index (χ1) is 9.60. The van der Waals surface area contributed by atoms with Crippen LogP contribution in [0.25, 0.3) is 0 Å². The number of nitrogens with one attached hydrogen (secondary N) is 1. The summed E-state index contributed by atoms with van der Waals surface area (Å²) in [5, 5.41) is 4.49. The number of hydrogen-bond acceptors (Lipinski definition) is 2. The normalized spacial score (nSPS) is 22.6. The van der Waals surface area contributed by atoms with Crippen LogP contribution < -0.4 is 5.32 Å². The number of benzene rings is 1. The van der Waals surface area contributed by atoms with Gasteiger partial charge >= 0.3 is 0 Å². The van der Waals surface area contributed by atoms with Gasteiger partial charge in [0.2, 0.25) is 0 Å². The first kappa shape index (κ1) is 15.6. The van der Waals surface area contributed by atoms with Gasteiger partial charge in [0.25, 0.3) is 0 Å². The molecule has 0 amide bonds. The van der Waals surface area contributed by atoms with E-state index in [1.807, 2.05) is 0 Å². The molecule has 1 N–H and O–H groups in total. The molecule has 0 radical (unpaired) electrons. The molecule has 0 spiro atoms. The molecule has 0 aliphatic carbocycles. The Labute approximate surface area is 127 Å². The average Bonchev–Trinajstić information content (AvgIpc) is 2.47. The van der Waals surface area contributed by atoms with Gasteiger partial charge in [-0.05, 0) is 18.4 Å². The molecule has 1 aromatic rings. The fourth-order valence-corrected chi connectivity index (χ4v) is 3.26. The van der Waals surface area contributed by atoms with E-state index in [4.69, 9.17) is 11.6 Å². The predicted octanol–water partition coefficient (Wildman–Crippen LogP) is 3.94. The minimum Gasteiger partial charge on any atom is -0.308 e. The maximum absolute atomic E-state index is 6.09. The van der Waals surface area contributed by atoms with Crippen molar-refractivity contribution < 1.29 is 0 Å². The third kappa shape index (κ3) is 3.43. The van der Waals surface area contributed by atoms with Crippen molar-refractivity contribution in [2.75, 3.05) is 19.6 Å². The lowest BCUT2D eigenvalue weighted by Gasteiger charge is -2.47. The van der Waals surface area contributed by atoms with Gasteiger partial charge in [0.1, 0.15) is 0 Å². The molecule has 1 atom stereocenters. The monoisotopic (exact) mass is 292 g/mol. The molecule has 1 saturated heterocycles. The summed E-state index contributed by atoms with van der Waals surface area (Å²) in [6, 6.07) is 11.0. The Morgan fingerprint density at radius 2 is 2.00 bits per heavy atom. The van der Waals surface area contributed by atoms with Crippen LogP contribution >= 0.6 is 11.6 Å². The Bertz CT molecular complexity index is 440. The zero-order valence-corrected chi connectivity index (χ0v) is 13.3. The summed E-state index contributed by atoms with van der Waals surface area (Å²) in [7, 11) is 0. The van der Waals surface area contributed by atoms with Crippen molar-refractivity contribution in [1.29, 1.82) is 0 Å². The molecular formula is C17H25ClN2. The highest BCUT2D eigenvalue weighted by Crippen LogP contribution is 2.31. The van der Waals surface area contributed by atoms with Crippen LogP contribution in [-0.2, 0) is 0 Å².